The van der Waals surface area contributed by atoms with Crippen molar-refractivity contribution >= 4 is 17.5 Å². The molecule has 0 spiro atoms. The van der Waals surface area contributed by atoms with Crippen LogP contribution in [-0.4, -0.2) is 63.9 Å². The fourth-order valence-corrected chi connectivity index (χ4v) is 5.73. The van der Waals surface area contributed by atoms with E-state index in [0.29, 0.717) is 36.9 Å². The Hall–Kier alpha value is -2.10. The zero-order valence-corrected chi connectivity index (χ0v) is 20.6. The van der Waals surface area contributed by atoms with Gasteiger partial charge in [-0.3, -0.25) is 14.4 Å². The average Bonchev–Trinajstić information content (AvgIpc) is 3.41. The highest BCUT2D eigenvalue weighted by Crippen LogP contribution is 2.43. The van der Waals surface area contributed by atoms with Gasteiger partial charge in [-0.2, -0.15) is 18.3 Å². The number of aromatic nitrogens is 2. The Labute approximate surface area is 208 Å². The lowest BCUT2D eigenvalue weighted by Crippen LogP contribution is -2.51. The van der Waals surface area contributed by atoms with Gasteiger partial charge in [-0.25, -0.2) is 0 Å². The number of nitrogens with zero attached hydrogens (tertiary/aromatic N) is 4. The van der Waals surface area contributed by atoms with E-state index in [1.165, 1.54) is 0 Å². The van der Waals surface area contributed by atoms with Crippen LogP contribution in [0.15, 0.2) is 24.3 Å². The Morgan fingerprint density at radius 1 is 1.23 bits per heavy atom. The van der Waals surface area contributed by atoms with E-state index in [-0.39, 0.29) is 30.0 Å². The number of carbonyl (C=O) groups is 1. The molecule has 3 atom stereocenters. The summed E-state index contributed by atoms with van der Waals surface area (Å²) in [5.41, 5.74) is 1.29. The maximum absolute atomic E-state index is 13.7. The lowest BCUT2D eigenvalue weighted by molar-refractivity contribution is -0.146. The standard InChI is InChI=1S/C25H30ClF3N4O2/c1-15-4-3-5-18(23(15)26)24-20(31-10-11-35-14-16(31)2)8-9-32(24)22(34)13-33-21(25(27,28)29)12-19(30-33)17-6-7-17/h3-5,12,16-17,20,24H,6-11,13-14H2,1-2H3/t16-,20+,24+/m0/s1. The van der Waals surface area contributed by atoms with E-state index >= 15 is 0 Å². The molecule has 10 heteroatoms. The van der Waals surface area contributed by atoms with Crippen molar-refractivity contribution in [1.82, 2.24) is 19.6 Å². The number of halogens is 4. The van der Waals surface area contributed by atoms with Crippen molar-refractivity contribution in [2.75, 3.05) is 26.3 Å². The Morgan fingerprint density at radius 2 is 2.00 bits per heavy atom. The Kier molecular flexibility index (Phi) is 6.61. The van der Waals surface area contributed by atoms with Crippen LogP contribution in [0.4, 0.5) is 13.2 Å². The third-order valence-electron chi connectivity index (χ3n) is 7.44. The third-order valence-corrected chi connectivity index (χ3v) is 7.96. The van der Waals surface area contributed by atoms with Crippen molar-refractivity contribution in [2.45, 2.75) is 69.9 Å². The van der Waals surface area contributed by atoms with Crippen molar-refractivity contribution in [3.05, 3.63) is 51.8 Å². The number of hydrogen-bond donors (Lipinski definition) is 0. The lowest BCUT2D eigenvalue weighted by Gasteiger charge is -2.41. The first-order chi connectivity index (χ1) is 16.6. The largest absolute Gasteiger partial charge is 0.433 e. The first-order valence-electron chi connectivity index (χ1n) is 12.2. The van der Waals surface area contributed by atoms with Gasteiger partial charge in [-0.1, -0.05) is 29.8 Å². The second-order valence-electron chi connectivity index (χ2n) is 9.91. The summed E-state index contributed by atoms with van der Waals surface area (Å²) in [6.07, 6.45) is -2.19. The molecule has 3 aliphatic rings. The number of amides is 1. The van der Waals surface area contributed by atoms with Crippen LogP contribution in [0.3, 0.4) is 0 Å². The monoisotopic (exact) mass is 510 g/mol. The van der Waals surface area contributed by atoms with Gasteiger partial charge in [0.25, 0.3) is 0 Å². The van der Waals surface area contributed by atoms with Gasteiger partial charge in [-0.05, 0) is 50.3 Å². The first kappa shape index (κ1) is 24.6. The van der Waals surface area contributed by atoms with Crippen molar-refractivity contribution in [3.8, 4) is 0 Å². The molecule has 5 rings (SSSR count). The molecule has 3 fully saturated rings. The zero-order chi connectivity index (χ0) is 24.9. The van der Waals surface area contributed by atoms with Gasteiger partial charge in [0, 0.05) is 36.1 Å². The van der Waals surface area contributed by atoms with Crippen LogP contribution in [0.25, 0.3) is 0 Å². The normalized spacial score (nSPS) is 25.9. The summed E-state index contributed by atoms with van der Waals surface area (Å²) in [6.45, 7) is 5.94. The van der Waals surface area contributed by atoms with Gasteiger partial charge in [-0.15, -0.1) is 0 Å². The van der Waals surface area contributed by atoms with Crippen LogP contribution in [0.5, 0.6) is 0 Å². The Balaban J connectivity index is 1.47. The van der Waals surface area contributed by atoms with Crippen molar-refractivity contribution in [3.63, 3.8) is 0 Å². The molecule has 1 saturated carbocycles. The molecule has 0 N–H and O–H groups in total. The van der Waals surface area contributed by atoms with Gasteiger partial charge in [0.1, 0.15) is 12.2 Å². The molecular formula is C25H30ClF3N4O2. The summed E-state index contributed by atoms with van der Waals surface area (Å²) in [5.74, 6) is -0.322. The van der Waals surface area contributed by atoms with E-state index in [0.717, 1.165) is 41.3 Å². The predicted molar refractivity (Wildman–Crippen MR) is 125 cm³/mol. The first-order valence-corrected chi connectivity index (χ1v) is 12.6. The molecule has 35 heavy (non-hydrogen) atoms. The Morgan fingerprint density at radius 3 is 2.69 bits per heavy atom. The molecule has 0 radical (unpaired) electrons. The highest BCUT2D eigenvalue weighted by molar-refractivity contribution is 6.32. The minimum Gasteiger partial charge on any atom is -0.379 e. The fraction of sp³-hybridized carbons (Fsp3) is 0.600. The number of rotatable bonds is 5. The number of aryl methyl sites for hydroxylation is 1. The van der Waals surface area contributed by atoms with E-state index < -0.39 is 18.4 Å². The number of carbonyl (C=O) groups excluding carboxylic acids is 1. The predicted octanol–water partition coefficient (Wildman–Crippen LogP) is 4.80. The highest BCUT2D eigenvalue weighted by Gasteiger charge is 2.45. The summed E-state index contributed by atoms with van der Waals surface area (Å²) in [5, 5.41) is 4.79. The number of hydrogen-bond acceptors (Lipinski definition) is 4. The van der Waals surface area contributed by atoms with Crippen molar-refractivity contribution in [2.24, 2.45) is 0 Å². The van der Waals surface area contributed by atoms with E-state index in [4.69, 9.17) is 16.3 Å². The molecule has 190 valence electrons. The van der Waals surface area contributed by atoms with Crippen LogP contribution in [-0.2, 0) is 22.3 Å². The van der Waals surface area contributed by atoms with Crippen LogP contribution in [0.2, 0.25) is 5.02 Å². The zero-order valence-electron chi connectivity index (χ0n) is 19.9. The van der Waals surface area contributed by atoms with Crippen LogP contribution in [0, 0.1) is 6.92 Å². The maximum Gasteiger partial charge on any atom is 0.433 e. The van der Waals surface area contributed by atoms with E-state index in [2.05, 4.69) is 16.9 Å². The smallest absolute Gasteiger partial charge is 0.379 e. The second-order valence-corrected chi connectivity index (χ2v) is 10.3. The number of likely N-dealkylation sites (tertiary alicyclic amines) is 1. The summed E-state index contributed by atoms with van der Waals surface area (Å²) in [7, 11) is 0. The molecule has 1 aliphatic carbocycles. The molecule has 1 aromatic heterocycles. The van der Waals surface area contributed by atoms with Gasteiger partial charge in [0.05, 0.1) is 24.9 Å². The summed E-state index contributed by atoms with van der Waals surface area (Å²) >= 11 is 6.73. The fourth-order valence-electron chi connectivity index (χ4n) is 5.49. The molecule has 3 heterocycles. The van der Waals surface area contributed by atoms with Gasteiger partial charge < -0.3 is 9.64 Å². The van der Waals surface area contributed by atoms with E-state index in [1.807, 2.05) is 25.1 Å². The quantitative estimate of drug-likeness (QED) is 0.579. The number of benzene rings is 1. The number of morpholine rings is 1. The molecular weight excluding hydrogens is 481 g/mol. The van der Waals surface area contributed by atoms with Gasteiger partial charge in [0.15, 0.2) is 0 Å². The van der Waals surface area contributed by atoms with E-state index in [1.54, 1.807) is 4.90 Å². The molecule has 0 bridgehead atoms. The molecule has 2 aliphatic heterocycles. The van der Waals surface area contributed by atoms with E-state index in [9.17, 15) is 18.0 Å². The highest BCUT2D eigenvalue weighted by atomic mass is 35.5. The second kappa shape index (κ2) is 9.41. The van der Waals surface area contributed by atoms with Crippen LogP contribution in [0.1, 0.15) is 60.7 Å². The third kappa shape index (κ3) is 4.82. The number of alkyl halides is 3. The topological polar surface area (TPSA) is 50.6 Å². The molecule has 6 nitrogen and oxygen atoms in total. The molecule has 1 aromatic carbocycles. The van der Waals surface area contributed by atoms with Crippen LogP contribution >= 0.6 is 11.6 Å². The Bertz CT molecular complexity index is 1100. The van der Waals surface area contributed by atoms with Crippen LogP contribution < -0.4 is 0 Å². The average molecular weight is 511 g/mol. The maximum atomic E-state index is 13.7. The molecule has 2 aromatic rings. The lowest BCUT2D eigenvalue weighted by atomic mass is 9.95. The molecule has 0 unspecified atom stereocenters. The SMILES string of the molecule is Cc1cccc([C@@H]2[C@H](N3CCOC[C@@H]3C)CCN2C(=O)Cn2nc(C3CC3)cc2C(F)(F)F)c1Cl. The summed E-state index contributed by atoms with van der Waals surface area (Å²) in [6, 6.07) is 6.65. The molecule has 2 saturated heterocycles. The van der Waals surface area contributed by atoms with Gasteiger partial charge in [0.2, 0.25) is 5.91 Å². The van der Waals surface area contributed by atoms with Gasteiger partial charge >= 0.3 is 6.18 Å². The number of ether oxygens (including phenoxy) is 1. The summed E-state index contributed by atoms with van der Waals surface area (Å²) in [4.78, 5) is 17.6. The molecule has 1 amide bonds. The van der Waals surface area contributed by atoms with Crippen molar-refractivity contribution in [1.29, 1.82) is 0 Å². The summed E-state index contributed by atoms with van der Waals surface area (Å²) < 4.78 is 47.7. The minimum atomic E-state index is -4.57. The van der Waals surface area contributed by atoms with Crippen molar-refractivity contribution < 1.29 is 22.7 Å². The minimum absolute atomic E-state index is 0.00103.